The van der Waals surface area contributed by atoms with E-state index in [9.17, 15) is 0 Å². The number of nitrogens with one attached hydrogen (secondary N) is 1. The average Bonchev–Trinajstić information content (AvgIpc) is 2.47. The van der Waals surface area contributed by atoms with Crippen LogP contribution in [0.5, 0.6) is 5.88 Å². The Morgan fingerprint density at radius 1 is 1.10 bits per heavy atom. The molecule has 0 aliphatic carbocycles. The largest absolute Gasteiger partial charge is 0.480 e. The third-order valence-electron chi connectivity index (χ3n) is 3.31. The van der Waals surface area contributed by atoms with Gasteiger partial charge in [-0.1, -0.05) is 51.1 Å². The number of anilines is 1. The van der Waals surface area contributed by atoms with E-state index in [2.05, 4.69) is 55.3 Å². The second kappa shape index (κ2) is 6.61. The number of rotatable bonds is 5. The number of nitrogens with zero attached hydrogens (tertiary/aromatic N) is 1. The molecule has 0 amide bonds. The summed E-state index contributed by atoms with van der Waals surface area (Å²) in [6.45, 7) is 6.77. The predicted molar refractivity (Wildman–Crippen MR) is 87.7 cm³/mol. The smallest absolute Gasteiger partial charge is 0.237 e. The highest BCUT2D eigenvalue weighted by molar-refractivity contribution is 5.53. The molecular weight excluding hydrogens is 260 g/mol. The third kappa shape index (κ3) is 4.48. The fourth-order valence-corrected chi connectivity index (χ4v) is 2.40. The van der Waals surface area contributed by atoms with E-state index in [0.29, 0.717) is 5.88 Å². The minimum atomic E-state index is 0.225. The number of ether oxygens (including phenoxy) is 1. The summed E-state index contributed by atoms with van der Waals surface area (Å²) < 4.78 is 5.34. The molecule has 1 aromatic carbocycles. The lowest BCUT2D eigenvalue weighted by Crippen LogP contribution is -2.19. The van der Waals surface area contributed by atoms with Gasteiger partial charge in [-0.3, -0.25) is 0 Å². The zero-order valence-corrected chi connectivity index (χ0v) is 13.3. The highest BCUT2D eigenvalue weighted by Crippen LogP contribution is 2.34. The normalized spacial score (nSPS) is 12.8. The zero-order chi connectivity index (χ0) is 15.3. The minimum absolute atomic E-state index is 0.225. The maximum absolute atomic E-state index is 5.34. The Morgan fingerprint density at radius 2 is 1.81 bits per heavy atom. The molecule has 1 unspecified atom stereocenters. The lowest BCUT2D eigenvalue weighted by atomic mass is 9.85. The first kappa shape index (κ1) is 15.4. The van der Waals surface area contributed by atoms with Crippen LogP contribution in [0.1, 0.15) is 38.8 Å². The molecule has 0 saturated carbocycles. The van der Waals surface area contributed by atoms with Crippen LogP contribution in [-0.4, -0.2) is 12.1 Å². The first-order valence-corrected chi connectivity index (χ1v) is 7.30. The van der Waals surface area contributed by atoms with Crippen molar-refractivity contribution in [2.45, 2.75) is 33.2 Å². The van der Waals surface area contributed by atoms with Gasteiger partial charge in [-0.05, 0) is 29.5 Å². The van der Waals surface area contributed by atoms with Gasteiger partial charge < -0.3 is 10.1 Å². The molecule has 1 heterocycles. The first-order valence-electron chi connectivity index (χ1n) is 7.30. The van der Waals surface area contributed by atoms with E-state index in [0.717, 1.165) is 12.1 Å². The van der Waals surface area contributed by atoms with Gasteiger partial charge in [0.2, 0.25) is 5.88 Å². The highest BCUT2D eigenvalue weighted by atomic mass is 16.5. The van der Waals surface area contributed by atoms with Crippen molar-refractivity contribution in [2.24, 2.45) is 5.41 Å². The molecule has 0 fully saturated rings. The minimum Gasteiger partial charge on any atom is -0.480 e. The molecule has 0 aliphatic heterocycles. The van der Waals surface area contributed by atoms with Crippen molar-refractivity contribution in [2.75, 3.05) is 12.4 Å². The molecule has 0 spiro atoms. The first-order chi connectivity index (χ1) is 9.99. The van der Waals surface area contributed by atoms with Crippen LogP contribution in [0.25, 0.3) is 0 Å². The van der Waals surface area contributed by atoms with Crippen LogP contribution in [0.3, 0.4) is 0 Å². The summed E-state index contributed by atoms with van der Waals surface area (Å²) in [5.41, 5.74) is 2.43. The van der Waals surface area contributed by atoms with Gasteiger partial charge in [-0.2, -0.15) is 0 Å². The van der Waals surface area contributed by atoms with Crippen molar-refractivity contribution in [3.05, 3.63) is 54.2 Å². The molecule has 0 bridgehead atoms. The number of hydrogen-bond donors (Lipinski definition) is 1. The molecule has 112 valence electrons. The lowest BCUT2D eigenvalue weighted by Gasteiger charge is -2.28. The quantitative estimate of drug-likeness (QED) is 0.865. The third-order valence-corrected chi connectivity index (χ3v) is 3.31. The van der Waals surface area contributed by atoms with Gasteiger partial charge in [0.25, 0.3) is 0 Å². The molecule has 1 N–H and O–H groups in total. The summed E-state index contributed by atoms with van der Waals surface area (Å²) in [5.74, 6) is 0.632. The molecule has 0 aliphatic rings. The number of benzene rings is 1. The zero-order valence-electron chi connectivity index (χ0n) is 13.3. The van der Waals surface area contributed by atoms with E-state index in [-0.39, 0.29) is 11.5 Å². The van der Waals surface area contributed by atoms with Crippen molar-refractivity contribution in [3.8, 4) is 5.88 Å². The number of hydrogen-bond acceptors (Lipinski definition) is 3. The van der Waals surface area contributed by atoms with Crippen LogP contribution in [0, 0.1) is 5.41 Å². The van der Waals surface area contributed by atoms with E-state index < -0.39 is 0 Å². The fraction of sp³-hybridized carbons (Fsp3) is 0.389. The summed E-state index contributed by atoms with van der Waals surface area (Å²) in [6, 6.07) is 14.7. The van der Waals surface area contributed by atoms with Gasteiger partial charge in [0.1, 0.15) is 0 Å². The Bertz CT molecular complexity index is 561. The number of methoxy groups -OCH3 is 1. The lowest BCUT2D eigenvalue weighted by molar-refractivity contribution is 0.350. The van der Waals surface area contributed by atoms with E-state index in [1.165, 1.54) is 5.56 Å². The Kier molecular flexibility index (Phi) is 4.84. The molecular formula is C18H24N2O. The number of aromatic nitrogens is 1. The molecule has 0 saturated heterocycles. The van der Waals surface area contributed by atoms with Crippen LogP contribution in [-0.2, 0) is 0 Å². The second-order valence-corrected chi connectivity index (χ2v) is 6.43. The van der Waals surface area contributed by atoms with Crippen LogP contribution < -0.4 is 10.1 Å². The summed E-state index contributed by atoms with van der Waals surface area (Å²) in [5, 5.41) is 3.58. The van der Waals surface area contributed by atoms with Crippen LogP contribution in [0.2, 0.25) is 0 Å². The van der Waals surface area contributed by atoms with E-state index in [1.54, 1.807) is 13.3 Å². The maximum Gasteiger partial charge on any atom is 0.237 e. The van der Waals surface area contributed by atoms with Crippen molar-refractivity contribution in [1.82, 2.24) is 4.98 Å². The summed E-state index contributed by atoms with van der Waals surface area (Å²) in [7, 11) is 1.65. The van der Waals surface area contributed by atoms with Crippen molar-refractivity contribution < 1.29 is 4.74 Å². The average molecular weight is 284 g/mol. The maximum atomic E-state index is 5.34. The van der Waals surface area contributed by atoms with Crippen LogP contribution in [0.15, 0.2) is 48.7 Å². The van der Waals surface area contributed by atoms with Crippen LogP contribution >= 0.6 is 0 Å². The summed E-state index contributed by atoms with van der Waals surface area (Å²) in [6.07, 6.45) is 2.76. The Labute approximate surface area is 127 Å². The molecule has 2 rings (SSSR count). The van der Waals surface area contributed by atoms with Gasteiger partial charge in [0.15, 0.2) is 0 Å². The predicted octanol–water partition coefficient (Wildman–Crippen LogP) is 4.68. The van der Waals surface area contributed by atoms with Gasteiger partial charge in [-0.15, -0.1) is 0 Å². The second-order valence-electron chi connectivity index (χ2n) is 6.43. The molecule has 1 aromatic heterocycles. The van der Waals surface area contributed by atoms with Gasteiger partial charge in [-0.25, -0.2) is 4.98 Å². The van der Waals surface area contributed by atoms with Crippen LogP contribution in [0.4, 0.5) is 5.69 Å². The SMILES string of the molecule is COc1ncccc1NC(CC(C)(C)C)c1ccccc1. The van der Waals surface area contributed by atoms with Crippen molar-refractivity contribution in [3.63, 3.8) is 0 Å². The molecule has 1 atom stereocenters. The Hall–Kier alpha value is -2.03. The highest BCUT2D eigenvalue weighted by Gasteiger charge is 2.21. The fourth-order valence-electron chi connectivity index (χ4n) is 2.40. The standard InChI is InChI=1S/C18H24N2O/c1-18(2,3)13-16(14-9-6-5-7-10-14)20-15-11-8-12-19-17(15)21-4/h5-12,16,20H,13H2,1-4H3. The van der Waals surface area contributed by atoms with E-state index >= 15 is 0 Å². The topological polar surface area (TPSA) is 34.1 Å². The van der Waals surface area contributed by atoms with Crippen molar-refractivity contribution >= 4 is 5.69 Å². The van der Waals surface area contributed by atoms with Gasteiger partial charge in [0.05, 0.1) is 18.8 Å². The molecule has 3 nitrogen and oxygen atoms in total. The molecule has 0 radical (unpaired) electrons. The van der Waals surface area contributed by atoms with Crippen molar-refractivity contribution in [1.29, 1.82) is 0 Å². The van der Waals surface area contributed by atoms with E-state index in [1.807, 2.05) is 18.2 Å². The molecule has 21 heavy (non-hydrogen) atoms. The van der Waals surface area contributed by atoms with E-state index in [4.69, 9.17) is 4.74 Å². The summed E-state index contributed by atoms with van der Waals surface area (Å²) in [4.78, 5) is 4.26. The Morgan fingerprint density at radius 3 is 2.43 bits per heavy atom. The van der Waals surface area contributed by atoms with Gasteiger partial charge in [0, 0.05) is 6.20 Å². The monoisotopic (exact) mass is 284 g/mol. The van der Waals surface area contributed by atoms with Gasteiger partial charge >= 0.3 is 0 Å². The summed E-state index contributed by atoms with van der Waals surface area (Å²) >= 11 is 0. The molecule has 2 aromatic rings. The molecule has 3 heteroatoms. The number of pyridine rings is 1. The Balaban J connectivity index is 2.28.